The van der Waals surface area contributed by atoms with Crippen LogP contribution in [-0.4, -0.2) is 18.0 Å². The third-order valence-electron chi connectivity index (χ3n) is 5.09. The predicted octanol–water partition coefficient (Wildman–Crippen LogP) is 7.27. The van der Waals surface area contributed by atoms with E-state index in [1.54, 1.807) is 23.8 Å². The number of anilines is 2. The number of thioether (sulfide) groups is 1. The third-order valence-corrected chi connectivity index (χ3v) is 6.99. The molecule has 6 heteroatoms. The van der Waals surface area contributed by atoms with E-state index in [0.29, 0.717) is 5.13 Å². The number of rotatable bonds is 8. The van der Waals surface area contributed by atoms with E-state index in [0.717, 1.165) is 33.3 Å². The summed E-state index contributed by atoms with van der Waals surface area (Å²) in [5.41, 5.74) is 5.08. The van der Waals surface area contributed by atoms with Gasteiger partial charge in [-0.05, 0) is 67.1 Å². The molecule has 0 saturated carbocycles. The van der Waals surface area contributed by atoms with Gasteiger partial charge in [0.1, 0.15) is 5.75 Å². The number of carbonyl (C=O) groups is 1. The molecule has 33 heavy (non-hydrogen) atoms. The number of nitrogens with zero attached hydrogens (tertiary/aromatic N) is 2. The monoisotopic (exact) mass is 472 g/mol. The summed E-state index contributed by atoms with van der Waals surface area (Å²) in [5, 5.41) is 2.55. The number of thiazole rings is 1. The van der Waals surface area contributed by atoms with Crippen LogP contribution in [0.2, 0.25) is 0 Å². The van der Waals surface area contributed by atoms with Crippen LogP contribution in [0.5, 0.6) is 5.75 Å². The highest BCUT2D eigenvalue weighted by atomic mass is 32.2. The number of benzene rings is 3. The molecule has 0 radical (unpaired) electrons. The lowest BCUT2D eigenvalue weighted by molar-refractivity contribution is -0.113. The Morgan fingerprint density at radius 2 is 1.76 bits per heavy atom. The minimum absolute atomic E-state index is 0.217. The van der Waals surface area contributed by atoms with Gasteiger partial charge in [-0.15, -0.1) is 23.1 Å². The van der Waals surface area contributed by atoms with Crippen LogP contribution in [0, 0.1) is 6.92 Å². The van der Waals surface area contributed by atoms with Crippen molar-refractivity contribution in [1.82, 2.24) is 4.98 Å². The molecule has 0 aliphatic rings. The van der Waals surface area contributed by atoms with E-state index >= 15 is 0 Å². The molecular formula is C27H24N2O2S2. The molecule has 0 atom stereocenters. The third kappa shape index (κ3) is 5.53. The first-order chi connectivity index (χ1) is 16.1. The summed E-state index contributed by atoms with van der Waals surface area (Å²) in [6.45, 7) is 5.76. The molecule has 0 saturated heterocycles. The minimum Gasteiger partial charge on any atom is -0.497 e. The van der Waals surface area contributed by atoms with Crippen molar-refractivity contribution in [3.63, 3.8) is 0 Å². The fourth-order valence-corrected chi connectivity index (χ4v) is 4.94. The molecule has 1 heterocycles. The molecule has 4 rings (SSSR count). The lowest BCUT2D eigenvalue weighted by Crippen LogP contribution is -2.23. The Balaban J connectivity index is 1.52. The fourth-order valence-electron chi connectivity index (χ4n) is 3.23. The van der Waals surface area contributed by atoms with Crippen LogP contribution < -0.4 is 9.64 Å². The van der Waals surface area contributed by atoms with E-state index in [4.69, 9.17) is 9.72 Å². The molecule has 0 N–H and O–H groups in total. The molecule has 0 bridgehead atoms. The first-order valence-corrected chi connectivity index (χ1v) is 12.3. The molecule has 0 fully saturated rings. The summed E-state index contributed by atoms with van der Waals surface area (Å²) in [7, 11) is 1.64. The van der Waals surface area contributed by atoms with Gasteiger partial charge in [-0.1, -0.05) is 36.4 Å². The molecule has 1 aromatic heterocycles. The lowest BCUT2D eigenvalue weighted by atomic mass is 10.2. The molecule has 0 unspecified atom stereocenters. The zero-order chi connectivity index (χ0) is 23.2. The van der Waals surface area contributed by atoms with Crippen LogP contribution in [-0.2, 0) is 10.5 Å². The van der Waals surface area contributed by atoms with Crippen molar-refractivity contribution >= 4 is 39.8 Å². The minimum atomic E-state index is -0.217. The van der Waals surface area contributed by atoms with Crippen LogP contribution in [0.4, 0.5) is 10.8 Å². The van der Waals surface area contributed by atoms with Gasteiger partial charge >= 0.3 is 0 Å². The average Bonchev–Trinajstić information content (AvgIpc) is 3.34. The van der Waals surface area contributed by atoms with Gasteiger partial charge in [-0.2, -0.15) is 0 Å². The number of amides is 1. The maximum Gasteiger partial charge on any atom is 0.256 e. The van der Waals surface area contributed by atoms with E-state index in [2.05, 4.69) is 37.8 Å². The second-order valence-electron chi connectivity index (χ2n) is 7.39. The maximum atomic E-state index is 12.7. The SMILES string of the molecule is C=CC(=O)N(c1ccc(SCc2ccc(C)cc2)cc1)c1nc(-c2ccc(OC)cc2)cs1. The van der Waals surface area contributed by atoms with Crippen molar-refractivity contribution < 1.29 is 9.53 Å². The molecule has 3 aromatic carbocycles. The molecule has 166 valence electrons. The van der Waals surface area contributed by atoms with E-state index < -0.39 is 0 Å². The highest BCUT2D eigenvalue weighted by Crippen LogP contribution is 2.34. The number of hydrogen-bond acceptors (Lipinski definition) is 5. The normalized spacial score (nSPS) is 10.6. The van der Waals surface area contributed by atoms with Crippen molar-refractivity contribution in [3.8, 4) is 17.0 Å². The van der Waals surface area contributed by atoms with Crippen LogP contribution in [0.15, 0.2) is 95.7 Å². The van der Waals surface area contributed by atoms with Crippen LogP contribution in [0.1, 0.15) is 11.1 Å². The molecular weight excluding hydrogens is 448 g/mol. The fraction of sp³-hybridized carbons (Fsp3) is 0.111. The summed E-state index contributed by atoms with van der Waals surface area (Å²) < 4.78 is 5.23. The summed E-state index contributed by atoms with van der Waals surface area (Å²) in [4.78, 5) is 20.2. The van der Waals surface area contributed by atoms with Gasteiger partial charge in [0.2, 0.25) is 0 Å². The van der Waals surface area contributed by atoms with E-state index in [-0.39, 0.29) is 5.91 Å². The van der Waals surface area contributed by atoms with E-state index in [1.165, 1.54) is 28.5 Å². The van der Waals surface area contributed by atoms with Crippen molar-refractivity contribution in [2.75, 3.05) is 12.0 Å². The van der Waals surface area contributed by atoms with Gasteiger partial charge in [0.25, 0.3) is 5.91 Å². The Kier molecular flexibility index (Phi) is 7.27. The Hall–Kier alpha value is -3.35. The zero-order valence-electron chi connectivity index (χ0n) is 18.5. The van der Waals surface area contributed by atoms with Gasteiger partial charge in [0.05, 0.1) is 18.5 Å². The molecule has 4 nitrogen and oxygen atoms in total. The van der Waals surface area contributed by atoms with Gasteiger partial charge in [0.15, 0.2) is 5.13 Å². The number of carbonyl (C=O) groups excluding carboxylic acids is 1. The largest absolute Gasteiger partial charge is 0.497 e. The smallest absolute Gasteiger partial charge is 0.256 e. The highest BCUT2D eigenvalue weighted by molar-refractivity contribution is 7.98. The number of methoxy groups -OCH3 is 1. The van der Waals surface area contributed by atoms with Crippen molar-refractivity contribution in [2.45, 2.75) is 17.6 Å². The Morgan fingerprint density at radius 3 is 2.39 bits per heavy atom. The Morgan fingerprint density at radius 1 is 1.06 bits per heavy atom. The topological polar surface area (TPSA) is 42.4 Å². The summed E-state index contributed by atoms with van der Waals surface area (Å²) in [6.07, 6.45) is 1.31. The van der Waals surface area contributed by atoms with Crippen LogP contribution in [0.25, 0.3) is 11.3 Å². The van der Waals surface area contributed by atoms with Gasteiger partial charge in [0, 0.05) is 21.6 Å². The molecule has 0 aliphatic carbocycles. The second kappa shape index (κ2) is 10.5. The zero-order valence-corrected chi connectivity index (χ0v) is 20.2. The lowest BCUT2D eigenvalue weighted by Gasteiger charge is -2.18. The second-order valence-corrected chi connectivity index (χ2v) is 9.28. The number of hydrogen-bond donors (Lipinski definition) is 0. The van der Waals surface area contributed by atoms with Gasteiger partial charge in [-0.3, -0.25) is 9.69 Å². The van der Waals surface area contributed by atoms with Crippen molar-refractivity contribution in [2.24, 2.45) is 0 Å². The summed E-state index contributed by atoms with van der Waals surface area (Å²) in [5.74, 6) is 1.47. The first-order valence-electron chi connectivity index (χ1n) is 10.4. The van der Waals surface area contributed by atoms with E-state index in [1.807, 2.05) is 53.9 Å². The Labute approximate surface area is 202 Å². The van der Waals surface area contributed by atoms with Crippen LogP contribution >= 0.6 is 23.1 Å². The van der Waals surface area contributed by atoms with Crippen LogP contribution in [0.3, 0.4) is 0 Å². The first kappa shape index (κ1) is 22.8. The van der Waals surface area contributed by atoms with E-state index in [9.17, 15) is 4.79 Å². The van der Waals surface area contributed by atoms with Crippen molar-refractivity contribution in [1.29, 1.82) is 0 Å². The number of ether oxygens (including phenoxy) is 1. The number of aryl methyl sites for hydroxylation is 1. The Bertz CT molecular complexity index is 1230. The van der Waals surface area contributed by atoms with Crippen molar-refractivity contribution in [3.05, 3.63) is 102 Å². The molecule has 1 amide bonds. The van der Waals surface area contributed by atoms with Gasteiger partial charge in [-0.25, -0.2) is 4.98 Å². The predicted molar refractivity (Wildman–Crippen MR) is 139 cm³/mol. The molecule has 0 aliphatic heterocycles. The maximum absolute atomic E-state index is 12.7. The average molecular weight is 473 g/mol. The molecule has 4 aromatic rings. The number of aromatic nitrogens is 1. The quantitative estimate of drug-likeness (QED) is 0.200. The summed E-state index contributed by atoms with van der Waals surface area (Å²) in [6, 6.07) is 24.3. The summed E-state index contributed by atoms with van der Waals surface area (Å²) >= 11 is 3.19. The standard InChI is InChI=1S/C27H24N2O2S2/c1-4-26(30)29(27-28-25(18-33-27)21-9-13-23(31-3)14-10-21)22-11-15-24(16-12-22)32-17-20-7-5-19(2)6-8-20/h4-16,18H,1,17H2,2-3H3. The molecule has 0 spiro atoms. The van der Waals surface area contributed by atoms with Gasteiger partial charge < -0.3 is 4.74 Å². The highest BCUT2D eigenvalue weighted by Gasteiger charge is 2.19.